The van der Waals surface area contributed by atoms with Crippen LogP contribution in [0.3, 0.4) is 0 Å². The summed E-state index contributed by atoms with van der Waals surface area (Å²) in [5.41, 5.74) is 2.03. The number of carbonyl (C=O) groups is 3. The van der Waals surface area contributed by atoms with Crippen LogP contribution in [0.4, 0.5) is 10.5 Å². The molecule has 0 saturated carbocycles. The molecule has 0 spiro atoms. The molecule has 1 heterocycles. The summed E-state index contributed by atoms with van der Waals surface area (Å²) in [6.07, 6.45) is -1.01. The number of nitrogens with one attached hydrogen (secondary N) is 1. The van der Waals surface area contributed by atoms with Gasteiger partial charge in [-0.2, -0.15) is 0 Å². The summed E-state index contributed by atoms with van der Waals surface area (Å²) in [5.74, 6) is -0.926. The summed E-state index contributed by atoms with van der Waals surface area (Å²) >= 11 is 0. The Morgan fingerprint density at radius 3 is 2.38 bits per heavy atom. The molecule has 0 radical (unpaired) electrons. The van der Waals surface area contributed by atoms with Crippen molar-refractivity contribution in [2.24, 2.45) is 0 Å². The molecule has 2 aromatic carbocycles. The van der Waals surface area contributed by atoms with E-state index in [2.05, 4.69) is 5.32 Å². The molecule has 122 valence electrons. The Morgan fingerprint density at radius 2 is 1.75 bits per heavy atom. The first-order valence-corrected chi connectivity index (χ1v) is 7.52. The molecule has 3 rings (SSSR count). The normalized spacial score (nSPS) is 17.2. The first-order chi connectivity index (χ1) is 11.5. The summed E-state index contributed by atoms with van der Waals surface area (Å²) in [7, 11) is 0. The molecule has 24 heavy (non-hydrogen) atoms. The lowest BCUT2D eigenvalue weighted by Crippen LogP contribution is -2.29. The van der Waals surface area contributed by atoms with E-state index in [0.717, 1.165) is 5.56 Å². The van der Waals surface area contributed by atoms with E-state index in [1.165, 1.54) is 4.90 Å². The zero-order valence-electron chi connectivity index (χ0n) is 12.8. The third-order valence-corrected chi connectivity index (χ3v) is 3.99. The molecule has 1 saturated heterocycles. The number of carbonyl (C=O) groups excluding carboxylic acids is 2. The van der Waals surface area contributed by atoms with Gasteiger partial charge in [0.05, 0.1) is 12.5 Å². The van der Waals surface area contributed by atoms with E-state index in [4.69, 9.17) is 5.11 Å². The van der Waals surface area contributed by atoms with Gasteiger partial charge in [-0.25, -0.2) is 4.79 Å². The van der Waals surface area contributed by atoms with Crippen LogP contribution < -0.4 is 5.32 Å². The van der Waals surface area contributed by atoms with Crippen molar-refractivity contribution in [2.75, 3.05) is 5.32 Å². The maximum Gasteiger partial charge on any atom is 0.409 e. The molecule has 1 atom stereocenters. The number of hydrogen-bond acceptors (Lipinski definition) is 3. The number of likely N-dealkylation sites (tertiary alicyclic amines) is 1. The lowest BCUT2D eigenvalue weighted by atomic mass is 9.97. The first-order valence-electron chi connectivity index (χ1n) is 7.52. The van der Waals surface area contributed by atoms with Crippen molar-refractivity contribution in [2.45, 2.75) is 18.9 Å². The maximum atomic E-state index is 12.6. The Bertz CT molecular complexity index is 771. The van der Waals surface area contributed by atoms with Gasteiger partial charge in [0.15, 0.2) is 0 Å². The van der Waals surface area contributed by atoms with Gasteiger partial charge in [0.2, 0.25) is 11.8 Å². The number of anilines is 1. The zero-order chi connectivity index (χ0) is 17.1. The zero-order valence-corrected chi connectivity index (χ0v) is 12.8. The molecule has 0 aliphatic carbocycles. The van der Waals surface area contributed by atoms with Crippen molar-refractivity contribution in [1.82, 2.24) is 4.90 Å². The molecular weight excluding hydrogens is 308 g/mol. The van der Waals surface area contributed by atoms with Gasteiger partial charge in [0.25, 0.3) is 0 Å². The number of benzene rings is 2. The van der Waals surface area contributed by atoms with Crippen molar-refractivity contribution in [3.05, 3.63) is 65.7 Å². The third-order valence-electron chi connectivity index (χ3n) is 3.99. The van der Waals surface area contributed by atoms with E-state index in [-0.39, 0.29) is 24.8 Å². The molecule has 0 aromatic heterocycles. The molecule has 1 fully saturated rings. The molecule has 1 aliphatic heterocycles. The monoisotopic (exact) mass is 324 g/mol. The second-order valence-corrected chi connectivity index (χ2v) is 5.61. The smallest absolute Gasteiger partial charge is 0.409 e. The van der Waals surface area contributed by atoms with Crippen LogP contribution in [0.2, 0.25) is 0 Å². The van der Waals surface area contributed by atoms with E-state index < -0.39 is 12.0 Å². The van der Waals surface area contributed by atoms with E-state index in [0.29, 0.717) is 11.3 Å². The van der Waals surface area contributed by atoms with Crippen LogP contribution in [-0.2, 0) is 16.1 Å². The van der Waals surface area contributed by atoms with Crippen molar-refractivity contribution < 1.29 is 19.5 Å². The molecule has 0 bridgehead atoms. The Kier molecular flexibility index (Phi) is 4.29. The molecule has 6 heteroatoms. The van der Waals surface area contributed by atoms with E-state index in [9.17, 15) is 14.4 Å². The number of rotatable bonds is 4. The van der Waals surface area contributed by atoms with E-state index >= 15 is 0 Å². The average molecular weight is 324 g/mol. The molecule has 1 unspecified atom stereocenters. The van der Waals surface area contributed by atoms with Gasteiger partial charge in [-0.3, -0.25) is 19.8 Å². The molecule has 2 N–H and O–H groups in total. The Balaban J connectivity index is 1.75. The van der Waals surface area contributed by atoms with Crippen molar-refractivity contribution in [1.29, 1.82) is 0 Å². The van der Waals surface area contributed by atoms with E-state index in [1.54, 1.807) is 24.3 Å². The molecule has 1 aliphatic rings. The Hall–Kier alpha value is -3.15. The Labute approximate surface area is 138 Å². The quantitative estimate of drug-likeness (QED) is 0.847. The van der Waals surface area contributed by atoms with Gasteiger partial charge < -0.3 is 5.11 Å². The minimum Gasteiger partial charge on any atom is -0.465 e. The second-order valence-electron chi connectivity index (χ2n) is 5.61. The minimum absolute atomic E-state index is 0.136. The third kappa shape index (κ3) is 3.27. The van der Waals surface area contributed by atoms with Gasteiger partial charge in [-0.1, -0.05) is 42.5 Å². The number of nitrogens with zero attached hydrogens (tertiary/aromatic N) is 1. The van der Waals surface area contributed by atoms with Crippen LogP contribution in [0.1, 0.15) is 23.5 Å². The van der Waals surface area contributed by atoms with Crippen molar-refractivity contribution in [3.8, 4) is 0 Å². The highest BCUT2D eigenvalue weighted by Crippen LogP contribution is 2.31. The molecule has 3 amide bonds. The van der Waals surface area contributed by atoms with Crippen LogP contribution in [-0.4, -0.2) is 27.9 Å². The predicted molar refractivity (Wildman–Crippen MR) is 87.4 cm³/mol. The summed E-state index contributed by atoms with van der Waals surface area (Å²) in [6, 6.07) is 15.9. The van der Waals surface area contributed by atoms with E-state index in [1.807, 2.05) is 30.3 Å². The molecule has 6 nitrogen and oxygen atoms in total. The van der Waals surface area contributed by atoms with Crippen LogP contribution in [0.15, 0.2) is 54.6 Å². The largest absolute Gasteiger partial charge is 0.465 e. The first kappa shape index (κ1) is 15.7. The average Bonchev–Trinajstić information content (AvgIpc) is 2.84. The number of hydrogen-bond donors (Lipinski definition) is 2. The summed E-state index contributed by atoms with van der Waals surface area (Å²) < 4.78 is 0. The highest BCUT2D eigenvalue weighted by Gasteiger charge is 2.39. The summed E-state index contributed by atoms with van der Waals surface area (Å²) in [5, 5.41) is 10.9. The maximum absolute atomic E-state index is 12.6. The van der Waals surface area contributed by atoms with Crippen LogP contribution in [0.5, 0.6) is 0 Å². The van der Waals surface area contributed by atoms with Crippen molar-refractivity contribution >= 4 is 23.6 Å². The van der Waals surface area contributed by atoms with Gasteiger partial charge in [0, 0.05) is 12.1 Å². The van der Waals surface area contributed by atoms with Crippen molar-refractivity contribution in [3.63, 3.8) is 0 Å². The fraction of sp³-hybridized carbons (Fsp3) is 0.167. The topological polar surface area (TPSA) is 86.7 Å². The minimum atomic E-state index is -1.15. The van der Waals surface area contributed by atoms with Crippen LogP contribution >= 0.6 is 0 Å². The highest BCUT2D eigenvalue weighted by atomic mass is 16.4. The number of amides is 3. The van der Waals surface area contributed by atoms with Crippen LogP contribution in [0.25, 0.3) is 0 Å². The SMILES string of the molecule is O=C(O)Nc1ccc(C2CC(=O)N(Cc3ccccc3)C2=O)cc1. The lowest BCUT2D eigenvalue weighted by Gasteiger charge is -2.15. The molecular formula is C18H16N2O4. The number of carboxylic acid groups (broad SMARTS) is 1. The van der Waals surface area contributed by atoms with Gasteiger partial charge in [-0.15, -0.1) is 0 Å². The number of imide groups is 1. The highest BCUT2D eigenvalue weighted by molar-refractivity contribution is 6.06. The van der Waals surface area contributed by atoms with Gasteiger partial charge >= 0.3 is 6.09 Å². The standard InChI is InChI=1S/C18H16N2O4/c21-16-10-15(13-6-8-14(9-7-13)19-18(23)24)17(22)20(16)11-12-4-2-1-3-5-12/h1-9,15,19H,10-11H2,(H,23,24). The van der Waals surface area contributed by atoms with Crippen LogP contribution in [0, 0.1) is 0 Å². The molecule has 2 aromatic rings. The fourth-order valence-corrected chi connectivity index (χ4v) is 2.80. The fourth-order valence-electron chi connectivity index (χ4n) is 2.80. The summed E-state index contributed by atoms with van der Waals surface area (Å²) in [4.78, 5) is 36.7. The predicted octanol–water partition coefficient (Wildman–Crippen LogP) is 2.82. The van der Waals surface area contributed by atoms with Gasteiger partial charge in [0.1, 0.15) is 0 Å². The second kappa shape index (κ2) is 6.54. The Morgan fingerprint density at radius 1 is 1.08 bits per heavy atom. The lowest BCUT2D eigenvalue weighted by molar-refractivity contribution is -0.139. The van der Waals surface area contributed by atoms with Gasteiger partial charge in [-0.05, 0) is 23.3 Å². The summed E-state index contributed by atoms with van der Waals surface area (Å²) in [6.45, 7) is 0.271.